The monoisotopic (exact) mass is 234 g/mol. The van der Waals surface area contributed by atoms with E-state index in [1.54, 1.807) is 0 Å². The summed E-state index contributed by atoms with van der Waals surface area (Å²) in [6.07, 6.45) is 0. The molecule has 4 nitrogen and oxygen atoms in total. The summed E-state index contributed by atoms with van der Waals surface area (Å²) in [7, 11) is 0. The third-order valence-corrected chi connectivity index (χ3v) is 3.17. The van der Waals surface area contributed by atoms with Crippen molar-refractivity contribution < 1.29 is 9.90 Å². The Labute approximate surface area is 101 Å². The van der Waals surface area contributed by atoms with Crippen LogP contribution in [0, 0.1) is 0 Å². The summed E-state index contributed by atoms with van der Waals surface area (Å²) in [4.78, 5) is 13.8. The standard InChI is InChI=1S/C13H18N2O2/c1-13(2)9-14-12(17)11(8-16)15(13)10-6-4-3-5-7-10/h3-7,11,16H,8-9H2,1-2H3,(H,14,17). The number of hydrogen-bond acceptors (Lipinski definition) is 3. The van der Waals surface area contributed by atoms with Crippen LogP contribution in [0.25, 0.3) is 0 Å². The van der Waals surface area contributed by atoms with Gasteiger partial charge in [0.25, 0.3) is 0 Å². The molecule has 1 atom stereocenters. The summed E-state index contributed by atoms with van der Waals surface area (Å²) < 4.78 is 0. The Balaban J connectivity index is 2.41. The van der Waals surface area contributed by atoms with Gasteiger partial charge in [-0.25, -0.2) is 0 Å². The minimum atomic E-state index is -0.513. The molecule has 2 N–H and O–H groups in total. The molecule has 0 aromatic heterocycles. The molecule has 17 heavy (non-hydrogen) atoms. The molecule has 1 saturated heterocycles. The molecule has 0 saturated carbocycles. The second kappa shape index (κ2) is 4.37. The van der Waals surface area contributed by atoms with Crippen molar-refractivity contribution >= 4 is 11.6 Å². The first kappa shape index (κ1) is 11.9. The van der Waals surface area contributed by atoms with E-state index in [0.717, 1.165) is 5.69 Å². The van der Waals surface area contributed by atoms with Crippen LogP contribution >= 0.6 is 0 Å². The van der Waals surface area contributed by atoms with E-state index in [9.17, 15) is 9.90 Å². The van der Waals surface area contributed by atoms with Crippen LogP contribution < -0.4 is 10.2 Å². The molecule has 1 aromatic carbocycles. The number of piperazine rings is 1. The third kappa shape index (κ3) is 2.13. The normalized spacial score (nSPS) is 23.4. The lowest BCUT2D eigenvalue weighted by Gasteiger charge is -2.48. The van der Waals surface area contributed by atoms with Gasteiger partial charge < -0.3 is 15.3 Å². The molecule has 1 aliphatic heterocycles. The molecule has 1 heterocycles. The Hall–Kier alpha value is -1.55. The maximum Gasteiger partial charge on any atom is 0.245 e. The number of para-hydroxylation sites is 1. The van der Waals surface area contributed by atoms with Crippen molar-refractivity contribution in [2.75, 3.05) is 18.1 Å². The van der Waals surface area contributed by atoms with Crippen molar-refractivity contribution in [2.24, 2.45) is 0 Å². The van der Waals surface area contributed by atoms with Gasteiger partial charge >= 0.3 is 0 Å². The van der Waals surface area contributed by atoms with Crippen molar-refractivity contribution in [3.63, 3.8) is 0 Å². The SMILES string of the molecule is CC1(C)CNC(=O)C(CO)N1c1ccccc1. The quantitative estimate of drug-likeness (QED) is 0.794. The smallest absolute Gasteiger partial charge is 0.245 e. The van der Waals surface area contributed by atoms with Gasteiger partial charge in [0.1, 0.15) is 6.04 Å². The Morgan fingerprint density at radius 1 is 1.41 bits per heavy atom. The van der Waals surface area contributed by atoms with E-state index in [0.29, 0.717) is 6.54 Å². The summed E-state index contributed by atoms with van der Waals surface area (Å²) in [5.41, 5.74) is 0.759. The molecule has 1 aromatic rings. The molecule has 4 heteroatoms. The first-order valence-electron chi connectivity index (χ1n) is 5.79. The fraction of sp³-hybridized carbons (Fsp3) is 0.462. The van der Waals surface area contributed by atoms with Gasteiger partial charge in [-0.3, -0.25) is 4.79 Å². The number of nitrogens with zero attached hydrogens (tertiary/aromatic N) is 1. The number of benzene rings is 1. The van der Waals surface area contributed by atoms with Gasteiger partial charge in [0, 0.05) is 12.2 Å². The Morgan fingerprint density at radius 2 is 2.06 bits per heavy atom. The van der Waals surface area contributed by atoms with E-state index in [2.05, 4.69) is 19.2 Å². The third-order valence-electron chi connectivity index (χ3n) is 3.17. The Bertz CT molecular complexity index is 403. The van der Waals surface area contributed by atoms with Crippen molar-refractivity contribution in [3.05, 3.63) is 30.3 Å². The van der Waals surface area contributed by atoms with E-state index in [-0.39, 0.29) is 18.1 Å². The van der Waals surface area contributed by atoms with Crippen molar-refractivity contribution in [1.82, 2.24) is 5.32 Å². The summed E-state index contributed by atoms with van der Waals surface area (Å²) >= 11 is 0. The zero-order chi connectivity index (χ0) is 12.5. The molecular formula is C13H18N2O2. The van der Waals surface area contributed by atoms with Gasteiger partial charge in [-0.1, -0.05) is 18.2 Å². The number of aliphatic hydroxyl groups is 1. The summed E-state index contributed by atoms with van der Waals surface area (Å²) in [5.74, 6) is -0.115. The van der Waals surface area contributed by atoms with Crippen molar-refractivity contribution in [1.29, 1.82) is 0 Å². The van der Waals surface area contributed by atoms with E-state index in [1.165, 1.54) is 0 Å². The highest BCUT2D eigenvalue weighted by Gasteiger charge is 2.40. The highest BCUT2D eigenvalue weighted by atomic mass is 16.3. The lowest BCUT2D eigenvalue weighted by atomic mass is 9.95. The lowest BCUT2D eigenvalue weighted by Crippen LogP contribution is -2.67. The molecule has 92 valence electrons. The minimum absolute atomic E-state index is 0.115. The number of aliphatic hydroxyl groups excluding tert-OH is 1. The number of amides is 1. The Kier molecular flexibility index (Phi) is 3.07. The highest BCUT2D eigenvalue weighted by molar-refractivity contribution is 5.87. The average Bonchev–Trinajstić information content (AvgIpc) is 2.33. The second-order valence-electron chi connectivity index (χ2n) is 4.93. The molecule has 1 aliphatic rings. The number of anilines is 1. The van der Waals surface area contributed by atoms with E-state index >= 15 is 0 Å². The number of hydrogen-bond donors (Lipinski definition) is 2. The van der Waals surface area contributed by atoms with Crippen LogP contribution in [0.4, 0.5) is 5.69 Å². The van der Waals surface area contributed by atoms with Crippen LogP contribution in [0.2, 0.25) is 0 Å². The number of nitrogens with one attached hydrogen (secondary N) is 1. The number of rotatable bonds is 2. The van der Waals surface area contributed by atoms with E-state index in [1.807, 2.05) is 35.2 Å². The number of carbonyl (C=O) groups excluding carboxylic acids is 1. The first-order valence-corrected chi connectivity index (χ1v) is 5.79. The zero-order valence-electron chi connectivity index (χ0n) is 10.2. The van der Waals surface area contributed by atoms with Crippen LogP contribution in [0.15, 0.2) is 30.3 Å². The van der Waals surface area contributed by atoms with Gasteiger partial charge in [-0.05, 0) is 26.0 Å². The molecule has 0 spiro atoms. The summed E-state index contributed by atoms with van der Waals surface area (Å²) in [6, 6.07) is 9.22. The minimum Gasteiger partial charge on any atom is -0.394 e. The predicted molar refractivity (Wildman–Crippen MR) is 66.9 cm³/mol. The average molecular weight is 234 g/mol. The Morgan fingerprint density at radius 3 is 2.65 bits per heavy atom. The van der Waals surface area contributed by atoms with Crippen LogP contribution in [0.3, 0.4) is 0 Å². The van der Waals surface area contributed by atoms with Gasteiger partial charge in [0.2, 0.25) is 5.91 Å². The first-order chi connectivity index (χ1) is 8.06. The van der Waals surface area contributed by atoms with E-state index < -0.39 is 6.04 Å². The maximum absolute atomic E-state index is 11.8. The highest BCUT2D eigenvalue weighted by Crippen LogP contribution is 2.28. The topological polar surface area (TPSA) is 52.6 Å². The van der Waals surface area contributed by atoms with Crippen LogP contribution in [0.5, 0.6) is 0 Å². The van der Waals surface area contributed by atoms with Crippen LogP contribution in [-0.4, -0.2) is 35.7 Å². The van der Waals surface area contributed by atoms with Gasteiger partial charge in [-0.15, -0.1) is 0 Å². The predicted octanol–water partition coefficient (Wildman–Crippen LogP) is 0.762. The zero-order valence-corrected chi connectivity index (χ0v) is 10.2. The van der Waals surface area contributed by atoms with Crippen molar-refractivity contribution in [3.8, 4) is 0 Å². The molecule has 2 rings (SSSR count). The molecule has 0 radical (unpaired) electrons. The lowest BCUT2D eigenvalue weighted by molar-refractivity contribution is -0.125. The van der Waals surface area contributed by atoms with Crippen LogP contribution in [0.1, 0.15) is 13.8 Å². The van der Waals surface area contributed by atoms with Gasteiger partial charge in [0.05, 0.1) is 12.1 Å². The largest absolute Gasteiger partial charge is 0.394 e. The molecule has 1 unspecified atom stereocenters. The van der Waals surface area contributed by atoms with Crippen LogP contribution in [-0.2, 0) is 4.79 Å². The van der Waals surface area contributed by atoms with Gasteiger partial charge in [0.15, 0.2) is 0 Å². The molecule has 0 bridgehead atoms. The molecular weight excluding hydrogens is 216 g/mol. The fourth-order valence-electron chi connectivity index (χ4n) is 2.33. The van der Waals surface area contributed by atoms with E-state index in [4.69, 9.17) is 0 Å². The summed E-state index contributed by atoms with van der Waals surface area (Å²) in [6.45, 7) is 4.52. The summed E-state index contributed by atoms with van der Waals surface area (Å²) in [5, 5.41) is 12.3. The molecule has 1 amide bonds. The van der Waals surface area contributed by atoms with Gasteiger partial charge in [-0.2, -0.15) is 0 Å². The number of carbonyl (C=O) groups is 1. The fourth-order valence-corrected chi connectivity index (χ4v) is 2.33. The second-order valence-corrected chi connectivity index (χ2v) is 4.93. The maximum atomic E-state index is 11.8. The molecule has 0 aliphatic carbocycles. The molecule has 1 fully saturated rings. The van der Waals surface area contributed by atoms with Crippen molar-refractivity contribution in [2.45, 2.75) is 25.4 Å².